The van der Waals surface area contributed by atoms with Crippen molar-refractivity contribution in [2.75, 3.05) is 19.6 Å². The average molecular weight is 234 g/mol. The van der Waals surface area contributed by atoms with E-state index in [1.165, 1.54) is 11.1 Å². The molecule has 17 heavy (non-hydrogen) atoms. The highest BCUT2D eigenvalue weighted by Crippen LogP contribution is 2.22. The molecule has 2 nitrogen and oxygen atoms in total. The van der Waals surface area contributed by atoms with E-state index in [1.807, 2.05) is 0 Å². The van der Waals surface area contributed by atoms with Gasteiger partial charge in [-0.15, -0.1) is 0 Å². The summed E-state index contributed by atoms with van der Waals surface area (Å²) in [6, 6.07) is 8.96. The summed E-state index contributed by atoms with van der Waals surface area (Å²) in [5.74, 6) is 0. The van der Waals surface area contributed by atoms with E-state index in [0.29, 0.717) is 0 Å². The molecule has 1 aromatic rings. The average Bonchev–Trinajstić information content (AvgIpc) is 2.28. The molecular weight excluding hydrogens is 208 g/mol. The Morgan fingerprint density at radius 3 is 2.12 bits per heavy atom. The molecule has 0 amide bonds. The number of nitrogens with zero attached hydrogens (tertiary/aromatic N) is 1. The Hall–Kier alpha value is -0.860. The standard InChI is InChI=1S/C15H26N2/c1-5-17(11-10-16)12-13-6-8-14(9-7-13)15(2,3)4/h6-9H,5,10-12,16H2,1-4H3. The number of rotatable bonds is 5. The second-order valence-electron chi connectivity index (χ2n) is 5.60. The Labute approximate surface area is 106 Å². The van der Waals surface area contributed by atoms with E-state index in [2.05, 4.69) is 56.9 Å². The van der Waals surface area contributed by atoms with E-state index < -0.39 is 0 Å². The second-order valence-corrected chi connectivity index (χ2v) is 5.60. The summed E-state index contributed by atoms with van der Waals surface area (Å²) in [7, 11) is 0. The molecule has 0 saturated heterocycles. The molecule has 0 spiro atoms. The molecule has 1 aromatic carbocycles. The van der Waals surface area contributed by atoms with Crippen LogP contribution in [0.5, 0.6) is 0 Å². The fourth-order valence-corrected chi connectivity index (χ4v) is 1.90. The van der Waals surface area contributed by atoms with Crippen molar-refractivity contribution in [2.45, 2.75) is 39.7 Å². The second kappa shape index (κ2) is 6.18. The Bertz CT molecular complexity index is 322. The molecule has 96 valence electrons. The minimum Gasteiger partial charge on any atom is -0.329 e. The third-order valence-electron chi connectivity index (χ3n) is 3.12. The molecule has 0 aromatic heterocycles. The van der Waals surface area contributed by atoms with Gasteiger partial charge in [-0.05, 0) is 23.1 Å². The third kappa shape index (κ3) is 4.49. The number of hydrogen-bond acceptors (Lipinski definition) is 2. The van der Waals surface area contributed by atoms with Crippen LogP contribution in [0.25, 0.3) is 0 Å². The van der Waals surface area contributed by atoms with Gasteiger partial charge in [0.1, 0.15) is 0 Å². The van der Waals surface area contributed by atoms with Crippen LogP contribution in [-0.4, -0.2) is 24.5 Å². The van der Waals surface area contributed by atoms with Gasteiger partial charge in [0, 0.05) is 19.6 Å². The highest BCUT2D eigenvalue weighted by molar-refractivity contribution is 5.27. The van der Waals surface area contributed by atoms with Gasteiger partial charge < -0.3 is 5.73 Å². The van der Waals surface area contributed by atoms with Crippen LogP contribution in [0.3, 0.4) is 0 Å². The number of hydrogen-bond donors (Lipinski definition) is 1. The van der Waals surface area contributed by atoms with Crippen LogP contribution in [0.15, 0.2) is 24.3 Å². The molecule has 1 rings (SSSR count). The molecule has 0 bridgehead atoms. The highest BCUT2D eigenvalue weighted by Gasteiger charge is 2.13. The molecule has 2 heteroatoms. The summed E-state index contributed by atoms with van der Waals surface area (Å²) in [5, 5.41) is 0. The van der Waals surface area contributed by atoms with E-state index in [1.54, 1.807) is 0 Å². The summed E-state index contributed by atoms with van der Waals surface area (Å²) >= 11 is 0. The van der Waals surface area contributed by atoms with Crippen molar-refractivity contribution in [3.05, 3.63) is 35.4 Å². The van der Waals surface area contributed by atoms with Crippen molar-refractivity contribution < 1.29 is 0 Å². The van der Waals surface area contributed by atoms with Crippen LogP contribution in [0.1, 0.15) is 38.8 Å². The zero-order chi connectivity index (χ0) is 12.9. The third-order valence-corrected chi connectivity index (χ3v) is 3.12. The zero-order valence-electron chi connectivity index (χ0n) is 11.7. The maximum Gasteiger partial charge on any atom is 0.0234 e. The molecule has 0 aliphatic carbocycles. The molecule has 0 aliphatic rings. The van der Waals surface area contributed by atoms with E-state index in [4.69, 9.17) is 5.73 Å². The van der Waals surface area contributed by atoms with Crippen molar-refractivity contribution in [1.29, 1.82) is 0 Å². The van der Waals surface area contributed by atoms with Crippen LogP contribution in [-0.2, 0) is 12.0 Å². The van der Waals surface area contributed by atoms with Crippen molar-refractivity contribution >= 4 is 0 Å². The summed E-state index contributed by atoms with van der Waals surface area (Å²) in [6.45, 7) is 12.7. The van der Waals surface area contributed by atoms with Gasteiger partial charge in [-0.1, -0.05) is 52.0 Å². The maximum absolute atomic E-state index is 5.60. The Morgan fingerprint density at radius 1 is 1.12 bits per heavy atom. The Kier molecular flexibility index (Phi) is 5.16. The summed E-state index contributed by atoms with van der Waals surface area (Å²) in [4.78, 5) is 2.37. The molecule has 2 N–H and O–H groups in total. The molecule has 0 aliphatic heterocycles. The number of nitrogens with two attached hydrogens (primary N) is 1. The van der Waals surface area contributed by atoms with Crippen LogP contribution in [0.2, 0.25) is 0 Å². The van der Waals surface area contributed by atoms with Crippen molar-refractivity contribution in [3.63, 3.8) is 0 Å². The van der Waals surface area contributed by atoms with Crippen molar-refractivity contribution in [3.8, 4) is 0 Å². The predicted molar refractivity (Wildman–Crippen MR) is 75.1 cm³/mol. The molecule has 0 unspecified atom stereocenters. The molecular formula is C15H26N2. The first kappa shape index (κ1) is 14.2. The van der Waals surface area contributed by atoms with Crippen LogP contribution < -0.4 is 5.73 Å². The fourth-order valence-electron chi connectivity index (χ4n) is 1.90. The van der Waals surface area contributed by atoms with Gasteiger partial charge >= 0.3 is 0 Å². The van der Waals surface area contributed by atoms with Gasteiger partial charge in [-0.2, -0.15) is 0 Å². The minimum atomic E-state index is 0.236. The van der Waals surface area contributed by atoms with Crippen LogP contribution in [0, 0.1) is 0 Å². The van der Waals surface area contributed by atoms with E-state index in [-0.39, 0.29) is 5.41 Å². The number of benzene rings is 1. The molecule has 0 heterocycles. The monoisotopic (exact) mass is 234 g/mol. The summed E-state index contributed by atoms with van der Waals surface area (Å²) < 4.78 is 0. The van der Waals surface area contributed by atoms with E-state index in [0.717, 1.165) is 26.2 Å². The lowest BCUT2D eigenvalue weighted by molar-refractivity contribution is 0.288. The molecule has 0 fully saturated rings. The van der Waals surface area contributed by atoms with E-state index in [9.17, 15) is 0 Å². The fraction of sp³-hybridized carbons (Fsp3) is 0.600. The van der Waals surface area contributed by atoms with Crippen molar-refractivity contribution in [2.24, 2.45) is 5.73 Å². The lowest BCUT2D eigenvalue weighted by atomic mass is 9.87. The van der Waals surface area contributed by atoms with Gasteiger partial charge in [-0.25, -0.2) is 0 Å². The summed E-state index contributed by atoms with van der Waals surface area (Å²) in [5.41, 5.74) is 8.60. The molecule has 0 saturated carbocycles. The molecule has 0 atom stereocenters. The summed E-state index contributed by atoms with van der Waals surface area (Å²) in [6.07, 6.45) is 0. The first-order chi connectivity index (χ1) is 7.97. The van der Waals surface area contributed by atoms with Gasteiger partial charge in [0.15, 0.2) is 0 Å². The maximum atomic E-state index is 5.60. The smallest absolute Gasteiger partial charge is 0.0234 e. The Balaban J connectivity index is 2.68. The lowest BCUT2D eigenvalue weighted by Gasteiger charge is -2.22. The van der Waals surface area contributed by atoms with E-state index >= 15 is 0 Å². The largest absolute Gasteiger partial charge is 0.329 e. The van der Waals surface area contributed by atoms with Gasteiger partial charge in [0.2, 0.25) is 0 Å². The minimum absolute atomic E-state index is 0.236. The van der Waals surface area contributed by atoms with Crippen LogP contribution >= 0.6 is 0 Å². The highest BCUT2D eigenvalue weighted by atomic mass is 15.1. The topological polar surface area (TPSA) is 29.3 Å². The lowest BCUT2D eigenvalue weighted by Crippen LogP contribution is -2.28. The quantitative estimate of drug-likeness (QED) is 0.849. The normalized spacial score (nSPS) is 12.1. The number of likely N-dealkylation sites (N-methyl/N-ethyl adjacent to an activating group) is 1. The Morgan fingerprint density at radius 2 is 1.71 bits per heavy atom. The van der Waals surface area contributed by atoms with Gasteiger partial charge in [0.25, 0.3) is 0 Å². The molecule has 0 radical (unpaired) electrons. The van der Waals surface area contributed by atoms with Gasteiger partial charge in [0.05, 0.1) is 0 Å². The SMILES string of the molecule is CCN(CCN)Cc1ccc(C(C)(C)C)cc1. The first-order valence-electron chi connectivity index (χ1n) is 6.49. The zero-order valence-corrected chi connectivity index (χ0v) is 11.7. The van der Waals surface area contributed by atoms with Gasteiger partial charge in [-0.3, -0.25) is 4.90 Å². The first-order valence-corrected chi connectivity index (χ1v) is 6.49. The van der Waals surface area contributed by atoms with Crippen molar-refractivity contribution in [1.82, 2.24) is 4.90 Å². The van der Waals surface area contributed by atoms with Crippen LogP contribution in [0.4, 0.5) is 0 Å². The predicted octanol–water partition coefficient (Wildman–Crippen LogP) is 2.76.